The number of ether oxygens (including phenoxy) is 2. The quantitative estimate of drug-likeness (QED) is 0.735. The first-order chi connectivity index (χ1) is 12.4. The van der Waals surface area contributed by atoms with Crippen molar-refractivity contribution < 1.29 is 26.7 Å². The first-order valence-electron chi connectivity index (χ1n) is 7.35. The van der Waals surface area contributed by atoms with Gasteiger partial charge >= 0.3 is 0 Å². The van der Waals surface area contributed by atoms with Crippen LogP contribution in [0.4, 0.5) is 14.5 Å². The highest BCUT2D eigenvalue weighted by Gasteiger charge is 2.22. The molecule has 0 unspecified atom stereocenters. The number of rotatable bonds is 5. The lowest BCUT2D eigenvalue weighted by Gasteiger charge is -2.14. The molecule has 0 radical (unpaired) electrons. The van der Waals surface area contributed by atoms with Crippen molar-refractivity contribution in [3.05, 3.63) is 54.2 Å². The number of anilines is 1. The van der Waals surface area contributed by atoms with Gasteiger partial charge in [-0.15, -0.1) is 0 Å². The molecular formula is C17H14F2N2O4S. The molecule has 136 valence electrons. The van der Waals surface area contributed by atoms with Crippen molar-refractivity contribution in [3.63, 3.8) is 0 Å². The van der Waals surface area contributed by atoms with Gasteiger partial charge in [0.1, 0.15) is 11.3 Å². The smallest absolute Gasteiger partial charge is 0.262 e. The Morgan fingerprint density at radius 2 is 1.69 bits per heavy atom. The van der Waals surface area contributed by atoms with E-state index in [1.54, 1.807) is 0 Å². The number of fused-ring (bicyclic) bond motifs is 1. The van der Waals surface area contributed by atoms with Gasteiger partial charge in [-0.1, -0.05) is 0 Å². The molecule has 0 aliphatic rings. The van der Waals surface area contributed by atoms with Crippen molar-refractivity contribution in [1.82, 2.24) is 4.98 Å². The van der Waals surface area contributed by atoms with Gasteiger partial charge in [-0.3, -0.25) is 9.71 Å². The third-order valence-corrected chi connectivity index (χ3v) is 5.11. The van der Waals surface area contributed by atoms with E-state index in [-0.39, 0.29) is 33.0 Å². The molecule has 6 nitrogen and oxygen atoms in total. The van der Waals surface area contributed by atoms with Crippen LogP contribution < -0.4 is 14.2 Å². The lowest BCUT2D eigenvalue weighted by atomic mass is 10.2. The molecule has 0 bridgehead atoms. The van der Waals surface area contributed by atoms with E-state index >= 15 is 0 Å². The third kappa shape index (κ3) is 3.13. The number of pyridine rings is 1. The number of nitrogens with zero attached hydrogens (tertiary/aromatic N) is 1. The molecular weight excluding hydrogens is 366 g/mol. The summed E-state index contributed by atoms with van der Waals surface area (Å²) in [5.41, 5.74) is -0.424. The van der Waals surface area contributed by atoms with Gasteiger partial charge in [-0.05, 0) is 24.3 Å². The van der Waals surface area contributed by atoms with Crippen LogP contribution >= 0.6 is 0 Å². The summed E-state index contributed by atoms with van der Waals surface area (Å²) < 4.78 is 65.7. The van der Waals surface area contributed by atoms with Crippen LogP contribution in [0.3, 0.4) is 0 Å². The van der Waals surface area contributed by atoms with E-state index in [0.717, 1.165) is 24.3 Å². The first-order valence-corrected chi connectivity index (χ1v) is 8.83. The second-order valence-electron chi connectivity index (χ2n) is 5.24. The highest BCUT2D eigenvalue weighted by atomic mass is 32.2. The predicted octanol–water partition coefficient (Wildman–Crippen LogP) is 3.33. The van der Waals surface area contributed by atoms with Crippen LogP contribution in [0, 0.1) is 11.6 Å². The Balaban J connectivity index is 2.10. The molecule has 2 aromatic carbocycles. The highest BCUT2D eigenvalue weighted by molar-refractivity contribution is 7.93. The summed E-state index contributed by atoms with van der Waals surface area (Å²) in [5, 5.41) is 0.0842. The van der Waals surface area contributed by atoms with Crippen LogP contribution in [0.2, 0.25) is 0 Å². The molecule has 0 saturated carbocycles. The van der Waals surface area contributed by atoms with E-state index in [1.165, 1.54) is 32.5 Å². The minimum Gasteiger partial charge on any atom is -0.493 e. The summed E-state index contributed by atoms with van der Waals surface area (Å²) in [6, 6.07) is 7.16. The van der Waals surface area contributed by atoms with Crippen LogP contribution in [-0.2, 0) is 10.0 Å². The first kappa shape index (κ1) is 17.9. The van der Waals surface area contributed by atoms with Crippen molar-refractivity contribution >= 4 is 26.6 Å². The van der Waals surface area contributed by atoms with Crippen molar-refractivity contribution in [2.24, 2.45) is 0 Å². The fourth-order valence-electron chi connectivity index (χ4n) is 2.48. The largest absolute Gasteiger partial charge is 0.493 e. The second-order valence-corrected chi connectivity index (χ2v) is 6.89. The Kier molecular flexibility index (Phi) is 4.64. The van der Waals surface area contributed by atoms with Gasteiger partial charge < -0.3 is 9.47 Å². The zero-order chi connectivity index (χ0) is 18.9. The Hall–Kier alpha value is -2.94. The molecule has 0 aliphatic carbocycles. The number of nitrogens with one attached hydrogen (secondary N) is 1. The lowest BCUT2D eigenvalue weighted by Crippen LogP contribution is -2.15. The minimum absolute atomic E-state index is 0.0842. The van der Waals surface area contributed by atoms with Crippen LogP contribution in [0.1, 0.15) is 0 Å². The van der Waals surface area contributed by atoms with Gasteiger partial charge in [0.15, 0.2) is 17.3 Å². The number of aromatic nitrogens is 1. The number of sulfonamides is 1. The predicted molar refractivity (Wildman–Crippen MR) is 92.0 cm³/mol. The summed E-state index contributed by atoms with van der Waals surface area (Å²) >= 11 is 0. The highest BCUT2D eigenvalue weighted by Crippen LogP contribution is 2.34. The number of methoxy groups -OCH3 is 2. The zero-order valence-corrected chi connectivity index (χ0v) is 14.6. The summed E-state index contributed by atoms with van der Waals surface area (Å²) in [4.78, 5) is 3.63. The van der Waals surface area contributed by atoms with Crippen molar-refractivity contribution in [1.29, 1.82) is 0 Å². The van der Waals surface area contributed by atoms with E-state index in [4.69, 9.17) is 9.47 Å². The maximum atomic E-state index is 14.2. The van der Waals surface area contributed by atoms with E-state index in [2.05, 4.69) is 9.71 Å². The van der Waals surface area contributed by atoms with Crippen LogP contribution in [0.15, 0.2) is 47.5 Å². The summed E-state index contributed by atoms with van der Waals surface area (Å²) in [6.07, 6.45) is 1.35. The molecule has 0 amide bonds. The van der Waals surface area contributed by atoms with E-state index in [1.807, 2.05) is 0 Å². The second kappa shape index (κ2) is 6.75. The third-order valence-electron chi connectivity index (χ3n) is 3.69. The van der Waals surface area contributed by atoms with Crippen molar-refractivity contribution in [2.75, 3.05) is 18.9 Å². The maximum Gasteiger partial charge on any atom is 0.262 e. The number of halogens is 2. The monoisotopic (exact) mass is 380 g/mol. The number of hydrogen-bond donors (Lipinski definition) is 1. The van der Waals surface area contributed by atoms with E-state index in [0.29, 0.717) is 0 Å². The van der Waals surface area contributed by atoms with Crippen LogP contribution in [-0.4, -0.2) is 27.6 Å². The van der Waals surface area contributed by atoms with Gasteiger partial charge in [0, 0.05) is 23.7 Å². The van der Waals surface area contributed by atoms with Crippen LogP contribution in [0.25, 0.3) is 10.9 Å². The molecule has 3 rings (SSSR count). The molecule has 1 aromatic heterocycles. The normalized spacial score (nSPS) is 11.4. The molecule has 0 aliphatic heterocycles. The van der Waals surface area contributed by atoms with E-state index in [9.17, 15) is 17.2 Å². The molecule has 3 aromatic rings. The van der Waals surface area contributed by atoms with Crippen LogP contribution in [0.5, 0.6) is 11.5 Å². The summed E-state index contributed by atoms with van der Waals surface area (Å²) in [5.74, 6) is -1.24. The molecule has 1 heterocycles. The molecule has 0 fully saturated rings. The zero-order valence-electron chi connectivity index (χ0n) is 13.8. The number of hydrogen-bond acceptors (Lipinski definition) is 5. The molecule has 9 heteroatoms. The standard InChI is InChI=1S/C17H14F2N2O4S/c1-24-14-8-12(19)13(9-15(14)25-2)21-26(22,23)16-6-5-11(18)17-10(16)4-3-7-20-17/h3-9,21H,1-2H3. The fourth-order valence-corrected chi connectivity index (χ4v) is 3.74. The van der Waals surface area contributed by atoms with Crippen molar-refractivity contribution in [3.8, 4) is 11.5 Å². The Bertz CT molecular complexity index is 1090. The van der Waals surface area contributed by atoms with Gasteiger partial charge in [0.25, 0.3) is 10.0 Å². The Morgan fingerprint density at radius 3 is 2.38 bits per heavy atom. The molecule has 0 saturated heterocycles. The Morgan fingerprint density at radius 1 is 1.00 bits per heavy atom. The average molecular weight is 380 g/mol. The molecule has 0 spiro atoms. The average Bonchev–Trinajstić information content (AvgIpc) is 2.63. The SMILES string of the molecule is COc1cc(F)c(NS(=O)(=O)c2ccc(F)c3ncccc23)cc1OC. The topological polar surface area (TPSA) is 77.5 Å². The summed E-state index contributed by atoms with van der Waals surface area (Å²) in [7, 11) is -1.54. The summed E-state index contributed by atoms with van der Waals surface area (Å²) in [6.45, 7) is 0. The lowest BCUT2D eigenvalue weighted by molar-refractivity contribution is 0.353. The van der Waals surface area contributed by atoms with Gasteiger partial charge in [-0.2, -0.15) is 0 Å². The van der Waals surface area contributed by atoms with Gasteiger partial charge in [-0.25, -0.2) is 17.2 Å². The van der Waals surface area contributed by atoms with Gasteiger partial charge in [0.2, 0.25) is 0 Å². The Labute approximate surface area is 148 Å². The molecule has 1 N–H and O–H groups in total. The molecule has 26 heavy (non-hydrogen) atoms. The van der Waals surface area contributed by atoms with Gasteiger partial charge in [0.05, 0.1) is 24.8 Å². The fraction of sp³-hybridized carbons (Fsp3) is 0.118. The van der Waals surface area contributed by atoms with Crippen molar-refractivity contribution in [2.45, 2.75) is 4.90 Å². The number of benzene rings is 2. The minimum atomic E-state index is -4.22. The van der Waals surface area contributed by atoms with E-state index < -0.39 is 21.7 Å². The molecule has 0 atom stereocenters. The maximum absolute atomic E-state index is 14.2.